The van der Waals surface area contributed by atoms with Crippen molar-refractivity contribution in [2.45, 2.75) is 40.7 Å². The molecule has 0 saturated carbocycles. The lowest BCUT2D eigenvalue weighted by Gasteiger charge is -2.19. The first kappa shape index (κ1) is 15.2. The van der Waals surface area contributed by atoms with Crippen molar-refractivity contribution in [3.05, 3.63) is 57.4 Å². The van der Waals surface area contributed by atoms with Crippen LogP contribution in [0, 0.1) is 13.8 Å². The summed E-state index contributed by atoms with van der Waals surface area (Å²) in [6.07, 6.45) is 0. The van der Waals surface area contributed by atoms with E-state index in [2.05, 4.69) is 18.2 Å². The van der Waals surface area contributed by atoms with Gasteiger partial charge in [0.15, 0.2) is 5.78 Å². The Morgan fingerprint density at radius 1 is 1.10 bits per heavy atom. The molecule has 3 heteroatoms. The van der Waals surface area contributed by atoms with Crippen LogP contribution < -0.4 is 5.56 Å². The van der Waals surface area contributed by atoms with Gasteiger partial charge >= 0.3 is 0 Å². The summed E-state index contributed by atoms with van der Waals surface area (Å²) in [5, 5.41) is 0. The Balaban J connectivity index is 2.81. The van der Waals surface area contributed by atoms with E-state index in [4.69, 9.17) is 0 Å². The SMILES string of the molecule is CC(=O)c1ccc(-c2cc(C)ccc2C)n(C(C)C)c1=O. The van der Waals surface area contributed by atoms with Gasteiger partial charge in [0, 0.05) is 11.6 Å². The van der Waals surface area contributed by atoms with E-state index in [0.717, 1.165) is 22.4 Å². The largest absolute Gasteiger partial charge is 0.305 e. The van der Waals surface area contributed by atoms with Crippen LogP contribution in [0.25, 0.3) is 11.3 Å². The van der Waals surface area contributed by atoms with E-state index in [-0.39, 0.29) is 22.9 Å². The van der Waals surface area contributed by atoms with Gasteiger partial charge in [-0.25, -0.2) is 0 Å². The second-order valence-corrected chi connectivity index (χ2v) is 5.78. The minimum absolute atomic E-state index is 0.00767. The maximum absolute atomic E-state index is 12.6. The lowest BCUT2D eigenvalue weighted by molar-refractivity contribution is 0.101. The summed E-state index contributed by atoms with van der Waals surface area (Å²) in [5.74, 6) is -0.193. The number of rotatable bonds is 3. The van der Waals surface area contributed by atoms with Crippen LogP contribution in [0.15, 0.2) is 35.1 Å². The number of carbonyl (C=O) groups excluding carboxylic acids is 1. The number of ketones is 1. The van der Waals surface area contributed by atoms with E-state index in [1.165, 1.54) is 6.92 Å². The molecule has 0 atom stereocenters. The number of aryl methyl sites for hydroxylation is 2. The van der Waals surface area contributed by atoms with Crippen molar-refractivity contribution >= 4 is 5.78 Å². The summed E-state index contributed by atoms with van der Waals surface area (Å²) in [4.78, 5) is 24.2. The number of carbonyl (C=O) groups is 1. The van der Waals surface area contributed by atoms with Gasteiger partial charge in [0.05, 0.1) is 11.3 Å². The average Bonchev–Trinajstić information content (AvgIpc) is 2.40. The molecule has 2 rings (SSSR count). The van der Waals surface area contributed by atoms with Crippen LogP contribution in [0.4, 0.5) is 0 Å². The van der Waals surface area contributed by atoms with Gasteiger partial charge in [0.25, 0.3) is 5.56 Å². The number of benzene rings is 1. The van der Waals surface area contributed by atoms with Gasteiger partial charge in [-0.3, -0.25) is 9.59 Å². The molecule has 0 saturated heterocycles. The standard InChI is InChI=1S/C18H21NO2/c1-11(2)19-17(9-8-15(14(5)20)18(19)21)16-10-12(3)6-7-13(16)4/h6-11H,1-5H3. The highest BCUT2D eigenvalue weighted by molar-refractivity contribution is 5.94. The lowest BCUT2D eigenvalue weighted by atomic mass is 10.0. The fourth-order valence-corrected chi connectivity index (χ4v) is 2.56. The summed E-state index contributed by atoms with van der Waals surface area (Å²) in [7, 11) is 0. The summed E-state index contributed by atoms with van der Waals surface area (Å²) in [6.45, 7) is 9.41. The molecule has 0 aliphatic carbocycles. The molecule has 0 unspecified atom stereocenters. The van der Waals surface area contributed by atoms with Crippen LogP contribution in [-0.4, -0.2) is 10.4 Å². The lowest BCUT2D eigenvalue weighted by Crippen LogP contribution is -2.28. The third-order valence-corrected chi connectivity index (χ3v) is 3.68. The van der Waals surface area contributed by atoms with Crippen molar-refractivity contribution in [2.75, 3.05) is 0 Å². The highest BCUT2D eigenvalue weighted by Crippen LogP contribution is 2.26. The van der Waals surface area contributed by atoms with Crippen LogP contribution in [-0.2, 0) is 0 Å². The molecule has 1 aromatic heterocycles. The quantitative estimate of drug-likeness (QED) is 0.801. The Morgan fingerprint density at radius 3 is 2.33 bits per heavy atom. The molecule has 3 nitrogen and oxygen atoms in total. The Kier molecular flexibility index (Phi) is 4.12. The zero-order valence-electron chi connectivity index (χ0n) is 13.2. The third-order valence-electron chi connectivity index (χ3n) is 3.68. The first-order valence-electron chi connectivity index (χ1n) is 7.17. The Morgan fingerprint density at radius 2 is 1.76 bits per heavy atom. The normalized spacial score (nSPS) is 11.0. The Labute approximate surface area is 125 Å². The first-order valence-corrected chi connectivity index (χ1v) is 7.17. The van der Waals surface area contributed by atoms with Gasteiger partial charge in [-0.05, 0) is 58.4 Å². The molecule has 1 aromatic carbocycles. The summed E-state index contributed by atoms with van der Waals surface area (Å²) < 4.78 is 1.71. The molecule has 1 heterocycles. The maximum Gasteiger partial charge on any atom is 0.262 e. The molecular formula is C18H21NO2. The van der Waals surface area contributed by atoms with E-state index < -0.39 is 0 Å². The van der Waals surface area contributed by atoms with E-state index in [1.807, 2.05) is 33.8 Å². The van der Waals surface area contributed by atoms with Crippen LogP contribution in [0.5, 0.6) is 0 Å². The summed E-state index contributed by atoms with van der Waals surface area (Å²) >= 11 is 0. The van der Waals surface area contributed by atoms with Gasteiger partial charge in [-0.15, -0.1) is 0 Å². The monoisotopic (exact) mass is 283 g/mol. The Bertz CT molecular complexity index is 754. The fourth-order valence-electron chi connectivity index (χ4n) is 2.56. The summed E-state index contributed by atoms with van der Waals surface area (Å²) in [6, 6.07) is 9.70. The second-order valence-electron chi connectivity index (χ2n) is 5.78. The van der Waals surface area contributed by atoms with Gasteiger partial charge in [-0.1, -0.05) is 17.7 Å². The maximum atomic E-state index is 12.6. The number of pyridine rings is 1. The number of aromatic nitrogens is 1. The number of Topliss-reactive ketones (excluding diaryl/α,β-unsaturated/α-hetero) is 1. The molecule has 0 amide bonds. The van der Waals surface area contributed by atoms with Crippen molar-refractivity contribution < 1.29 is 4.79 Å². The van der Waals surface area contributed by atoms with Gasteiger partial charge < -0.3 is 4.57 Å². The molecular weight excluding hydrogens is 262 g/mol. The zero-order chi connectivity index (χ0) is 15.7. The van der Waals surface area contributed by atoms with Crippen LogP contribution >= 0.6 is 0 Å². The van der Waals surface area contributed by atoms with E-state index in [1.54, 1.807) is 10.6 Å². The molecule has 21 heavy (non-hydrogen) atoms. The highest BCUT2D eigenvalue weighted by Gasteiger charge is 2.16. The minimum Gasteiger partial charge on any atom is -0.305 e. The molecule has 0 bridgehead atoms. The predicted octanol–water partition coefficient (Wildman–Crippen LogP) is 3.92. The van der Waals surface area contributed by atoms with E-state index >= 15 is 0 Å². The van der Waals surface area contributed by atoms with Crippen molar-refractivity contribution in [2.24, 2.45) is 0 Å². The van der Waals surface area contributed by atoms with E-state index in [9.17, 15) is 9.59 Å². The van der Waals surface area contributed by atoms with Gasteiger partial charge in [0.2, 0.25) is 0 Å². The Hall–Kier alpha value is -2.16. The number of hydrogen-bond acceptors (Lipinski definition) is 2. The first-order chi connectivity index (χ1) is 9.82. The molecule has 0 aliphatic rings. The topological polar surface area (TPSA) is 39.1 Å². The van der Waals surface area contributed by atoms with Crippen LogP contribution in [0.2, 0.25) is 0 Å². The van der Waals surface area contributed by atoms with Crippen LogP contribution in [0.1, 0.15) is 48.3 Å². The molecule has 0 radical (unpaired) electrons. The third kappa shape index (κ3) is 2.82. The number of nitrogens with zero attached hydrogens (tertiary/aromatic N) is 1. The van der Waals surface area contributed by atoms with Gasteiger partial charge in [-0.2, -0.15) is 0 Å². The molecule has 0 fully saturated rings. The number of hydrogen-bond donors (Lipinski definition) is 0. The predicted molar refractivity (Wildman–Crippen MR) is 86.0 cm³/mol. The smallest absolute Gasteiger partial charge is 0.262 e. The average molecular weight is 283 g/mol. The van der Waals surface area contributed by atoms with Crippen molar-refractivity contribution in [3.63, 3.8) is 0 Å². The highest BCUT2D eigenvalue weighted by atomic mass is 16.1. The van der Waals surface area contributed by atoms with Crippen molar-refractivity contribution in [1.82, 2.24) is 4.57 Å². The van der Waals surface area contributed by atoms with Crippen LogP contribution in [0.3, 0.4) is 0 Å². The molecule has 0 aliphatic heterocycles. The van der Waals surface area contributed by atoms with Crippen molar-refractivity contribution in [1.29, 1.82) is 0 Å². The van der Waals surface area contributed by atoms with Gasteiger partial charge in [0.1, 0.15) is 0 Å². The minimum atomic E-state index is -0.212. The molecule has 0 spiro atoms. The van der Waals surface area contributed by atoms with Crippen molar-refractivity contribution in [3.8, 4) is 11.3 Å². The summed E-state index contributed by atoms with van der Waals surface area (Å²) in [5.41, 5.74) is 4.20. The fraction of sp³-hybridized carbons (Fsp3) is 0.333. The molecule has 2 aromatic rings. The second kappa shape index (κ2) is 5.68. The van der Waals surface area contributed by atoms with E-state index in [0.29, 0.717) is 0 Å². The molecule has 110 valence electrons. The molecule has 0 N–H and O–H groups in total. The zero-order valence-corrected chi connectivity index (χ0v) is 13.2.